The Morgan fingerprint density at radius 2 is 2.11 bits per heavy atom. The first-order valence-corrected chi connectivity index (χ1v) is 6.01. The van der Waals surface area contributed by atoms with Gasteiger partial charge in [0.15, 0.2) is 0 Å². The van der Waals surface area contributed by atoms with Gasteiger partial charge in [0.2, 0.25) is 0 Å². The number of amides is 1. The van der Waals surface area contributed by atoms with Crippen LogP contribution >= 0.6 is 11.6 Å². The molecule has 4 nitrogen and oxygen atoms in total. The topological polar surface area (TPSA) is 55.4 Å². The lowest BCUT2D eigenvalue weighted by atomic mass is 10.1. The van der Waals surface area contributed by atoms with Crippen LogP contribution in [-0.4, -0.2) is 18.0 Å². The van der Waals surface area contributed by atoms with E-state index in [1.165, 1.54) is 12.1 Å². The molecular weight excluding hydrogens is 273 g/mol. The number of benzene rings is 1. The van der Waals surface area contributed by atoms with Gasteiger partial charge < -0.3 is 14.8 Å². The number of hydrogen-bond donors (Lipinski definition) is 1. The molecule has 0 heterocycles. The Labute approximate surface area is 115 Å². The maximum absolute atomic E-state index is 13.6. The van der Waals surface area contributed by atoms with Crippen LogP contribution in [0.4, 0.5) is 9.18 Å². The Balaban J connectivity index is 2.91. The molecule has 1 aromatic carbocycles. The summed E-state index contributed by atoms with van der Waals surface area (Å²) in [5.41, 5.74) is -0.790. The first kappa shape index (κ1) is 15.4. The lowest BCUT2D eigenvalue weighted by Gasteiger charge is -2.22. The summed E-state index contributed by atoms with van der Waals surface area (Å²) in [7, 11) is 0. The molecule has 0 saturated heterocycles. The number of nitrogens with one attached hydrogen (secondary N) is 1. The monoisotopic (exact) mass is 287 g/mol. The highest BCUT2D eigenvalue weighted by Crippen LogP contribution is 2.25. The third kappa shape index (κ3) is 4.52. The molecule has 0 aromatic heterocycles. The Morgan fingerprint density at radius 1 is 1.47 bits per heavy atom. The zero-order valence-corrected chi connectivity index (χ0v) is 11.6. The molecule has 104 valence electrons. The van der Waals surface area contributed by atoms with Crippen LogP contribution in [0.15, 0.2) is 18.2 Å². The van der Waals surface area contributed by atoms with Crippen LogP contribution in [0.5, 0.6) is 0 Å². The molecule has 0 aliphatic heterocycles. The molecule has 1 rings (SSSR count). The average molecular weight is 288 g/mol. The summed E-state index contributed by atoms with van der Waals surface area (Å²) in [6.45, 7) is 5.04. The molecular formula is C13H15ClFNO3. The molecule has 6 heteroatoms. The minimum Gasteiger partial charge on any atom is -0.444 e. The first-order chi connectivity index (χ1) is 8.74. The Bertz CT molecular complexity index is 465. The number of alkyl carbamates (subject to hydrolysis) is 1. The molecule has 19 heavy (non-hydrogen) atoms. The minimum absolute atomic E-state index is 0.0631. The van der Waals surface area contributed by atoms with Gasteiger partial charge in [0.1, 0.15) is 23.7 Å². The summed E-state index contributed by atoms with van der Waals surface area (Å²) < 4.78 is 18.6. The quantitative estimate of drug-likeness (QED) is 0.868. The maximum atomic E-state index is 13.6. The van der Waals surface area contributed by atoms with Gasteiger partial charge in [-0.2, -0.15) is 0 Å². The number of aldehydes is 1. The van der Waals surface area contributed by atoms with Crippen molar-refractivity contribution in [1.29, 1.82) is 0 Å². The van der Waals surface area contributed by atoms with Crippen LogP contribution in [0, 0.1) is 5.82 Å². The zero-order valence-electron chi connectivity index (χ0n) is 10.9. The molecule has 1 aromatic rings. The lowest BCUT2D eigenvalue weighted by molar-refractivity contribution is -0.109. The SMILES string of the molecule is CC(C)(C)OC(=O)NC(C=O)c1c(F)cccc1Cl. The second-order valence-corrected chi connectivity index (χ2v) is 5.30. The molecule has 1 N–H and O–H groups in total. The number of ether oxygens (including phenoxy) is 1. The fourth-order valence-electron chi connectivity index (χ4n) is 1.42. The van der Waals surface area contributed by atoms with Crippen molar-refractivity contribution in [3.8, 4) is 0 Å². The van der Waals surface area contributed by atoms with E-state index < -0.39 is 23.6 Å². The normalized spacial score (nSPS) is 12.7. The number of hydrogen-bond acceptors (Lipinski definition) is 3. The van der Waals surface area contributed by atoms with Crippen LogP contribution in [0.2, 0.25) is 5.02 Å². The van der Waals surface area contributed by atoms with E-state index in [1.54, 1.807) is 20.8 Å². The smallest absolute Gasteiger partial charge is 0.408 e. The Morgan fingerprint density at radius 3 is 2.58 bits per heavy atom. The van der Waals surface area contributed by atoms with Crippen LogP contribution in [-0.2, 0) is 9.53 Å². The predicted octanol–water partition coefficient (Wildman–Crippen LogP) is 3.24. The highest BCUT2D eigenvalue weighted by molar-refractivity contribution is 6.31. The number of carbonyl (C=O) groups is 2. The molecule has 1 amide bonds. The summed E-state index contributed by atoms with van der Waals surface area (Å²) in [5.74, 6) is -0.666. The molecule has 0 bridgehead atoms. The van der Waals surface area contributed by atoms with Gasteiger partial charge in [-0.1, -0.05) is 17.7 Å². The number of carbonyl (C=O) groups excluding carboxylic acids is 2. The summed E-state index contributed by atoms with van der Waals surface area (Å²) in [5, 5.41) is 2.33. The average Bonchev–Trinajstić information content (AvgIpc) is 2.24. The van der Waals surface area contributed by atoms with Crippen molar-refractivity contribution in [2.75, 3.05) is 0 Å². The summed E-state index contributed by atoms with van der Waals surface area (Å²) in [4.78, 5) is 22.6. The van der Waals surface area contributed by atoms with Crippen molar-refractivity contribution in [1.82, 2.24) is 5.32 Å². The van der Waals surface area contributed by atoms with E-state index in [2.05, 4.69) is 5.32 Å². The minimum atomic E-state index is -1.19. The summed E-state index contributed by atoms with van der Waals surface area (Å²) in [6.07, 6.45) is -0.419. The van der Waals surface area contributed by atoms with E-state index in [-0.39, 0.29) is 10.6 Å². The molecule has 0 spiro atoms. The van der Waals surface area contributed by atoms with Gasteiger partial charge >= 0.3 is 6.09 Å². The fraction of sp³-hybridized carbons (Fsp3) is 0.385. The maximum Gasteiger partial charge on any atom is 0.408 e. The van der Waals surface area contributed by atoms with E-state index in [0.717, 1.165) is 6.07 Å². The predicted molar refractivity (Wildman–Crippen MR) is 69.6 cm³/mol. The summed E-state index contributed by atoms with van der Waals surface area (Å²) in [6, 6.07) is 2.82. The second kappa shape index (κ2) is 6.02. The van der Waals surface area contributed by atoms with Crippen LogP contribution in [0.3, 0.4) is 0 Å². The van der Waals surface area contributed by atoms with Gasteiger partial charge in [-0.3, -0.25) is 0 Å². The van der Waals surface area contributed by atoms with Crippen molar-refractivity contribution in [2.24, 2.45) is 0 Å². The number of halogens is 2. The van der Waals surface area contributed by atoms with E-state index in [9.17, 15) is 14.0 Å². The van der Waals surface area contributed by atoms with E-state index in [1.807, 2.05) is 0 Å². The highest BCUT2D eigenvalue weighted by Gasteiger charge is 2.23. The van der Waals surface area contributed by atoms with Gasteiger partial charge in [0.05, 0.1) is 0 Å². The Hall–Kier alpha value is -1.62. The fourth-order valence-corrected chi connectivity index (χ4v) is 1.70. The van der Waals surface area contributed by atoms with E-state index >= 15 is 0 Å². The third-order valence-electron chi connectivity index (χ3n) is 2.12. The number of rotatable bonds is 3. The van der Waals surface area contributed by atoms with Crippen molar-refractivity contribution in [3.63, 3.8) is 0 Å². The highest BCUT2D eigenvalue weighted by atomic mass is 35.5. The Kier molecular flexibility index (Phi) is 4.89. The van der Waals surface area contributed by atoms with Crippen molar-refractivity contribution in [2.45, 2.75) is 32.4 Å². The molecule has 1 atom stereocenters. The first-order valence-electron chi connectivity index (χ1n) is 5.63. The van der Waals surface area contributed by atoms with Gasteiger partial charge in [0.25, 0.3) is 0 Å². The standard InChI is InChI=1S/C13H15ClFNO3/c1-13(2,3)19-12(18)16-10(7-17)11-8(14)5-4-6-9(11)15/h4-7,10H,1-3H3,(H,16,18). The van der Waals surface area contributed by atoms with Crippen LogP contribution in [0.1, 0.15) is 32.4 Å². The van der Waals surface area contributed by atoms with E-state index in [0.29, 0.717) is 6.29 Å². The largest absolute Gasteiger partial charge is 0.444 e. The van der Waals surface area contributed by atoms with Crippen molar-refractivity contribution in [3.05, 3.63) is 34.6 Å². The third-order valence-corrected chi connectivity index (χ3v) is 2.45. The molecule has 1 unspecified atom stereocenters. The lowest BCUT2D eigenvalue weighted by Crippen LogP contribution is -2.36. The van der Waals surface area contributed by atoms with Crippen molar-refractivity contribution < 1.29 is 18.7 Å². The molecule has 0 aliphatic rings. The van der Waals surface area contributed by atoms with Crippen LogP contribution in [0.25, 0.3) is 0 Å². The van der Waals surface area contributed by atoms with Crippen LogP contribution < -0.4 is 5.32 Å². The molecule has 0 radical (unpaired) electrons. The zero-order chi connectivity index (χ0) is 14.6. The summed E-state index contributed by atoms with van der Waals surface area (Å²) >= 11 is 5.83. The molecule has 0 fully saturated rings. The second-order valence-electron chi connectivity index (χ2n) is 4.90. The molecule has 0 saturated carbocycles. The van der Waals surface area contributed by atoms with Crippen molar-refractivity contribution >= 4 is 24.0 Å². The van der Waals surface area contributed by atoms with Gasteiger partial charge in [-0.15, -0.1) is 0 Å². The van der Waals surface area contributed by atoms with Gasteiger partial charge in [-0.25, -0.2) is 9.18 Å². The molecule has 0 aliphatic carbocycles. The van der Waals surface area contributed by atoms with Gasteiger partial charge in [0, 0.05) is 10.6 Å². The van der Waals surface area contributed by atoms with Gasteiger partial charge in [-0.05, 0) is 32.9 Å². The van der Waals surface area contributed by atoms with E-state index in [4.69, 9.17) is 16.3 Å².